The number of benzene rings is 1. The number of rotatable bonds is 8. The molecule has 0 aromatic heterocycles. The van der Waals surface area contributed by atoms with Gasteiger partial charge in [0.15, 0.2) is 0 Å². The first-order valence-electron chi connectivity index (χ1n) is 6.78. The molecule has 1 aromatic rings. The van der Waals surface area contributed by atoms with Gasteiger partial charge in [0.25, 0.3) is 0 Å². The van der Waals surface area contributed by atoms with E-state index >= 15 is 0 Å². The number of nitrogens with one attached hydrogen (secondary N) is 1. The lowest BCUT2D eigenvalue weighted by atomic mass is 10.3. The standard InChI is InChI=1S/C14H21ClNO5P/c1-10(2)20-14(17)11(3)16-22(18,9-19-4)21-13-8-6-5-7-12(13)15/h5-8,10-11H,9H2,1-4H3,(H,16,18)/t11-,22?/m0/s1. The first-order valence-corrected chi connectivity index (χ1v) is 8.96. The van der Waals surface area contributed by atoms with Crippen LogP contribution < -0.4 is 9.61 Å². The maximum Gasteiger partial charge on any atom is 0.342 e. The van der Waals surface area contributed by atoms with Gasteiger partial charge in [0.2, 0.25) is 0 Å². The Morgan fingerprint density at radius 2 is 1.95 bits per heavy atom. The smallest absolute Gasteiger partial charge is 0.342 e. The fraction of sp³-hybridized carbons (Fsp3) is 0.500. The molecule has 0 amide bonds. The number of methoxy groups -OCH3 is 1. The maximum atomic E-state index is 12.8. The van der Waals surface area contributed by atoms with Crippen LogP contribution in [0.25, 0.3) is 0 Å². The number of hydrogen-bond acceptors (Lipinski definition) is 5. The molecule has 0 radical (unpaired) electrons. The summed E-state index contributed by atoms with van der Waals surface area (Å²) in [5.74, 6) is -0.268. The zero-order valence-corrected chi connectivity index (χ0v) is 14.7. The van der Waals surface area contributed by atoms with Crippen molar-refractivity contribution in [3.63, 3.8) is 0 Å². The summed E-state index contributed by atoms with van der Waals surface area (Å²) < 4.78 is 28.3. The van der Waals surface area contributed by atoms with E-state index in [2.05, 4.69) is 5.09 Å². The van der Waals surface area contributed by atoms with Crippen LogP contribution in [0.3, 0.4) is 0 Å². The highest BCUT2D eigenvalue weighted by atomic mass is 35.5. The van der Waals surface area contributed by atoms with Gasteiger partial charge in [0, 0.05) is 7.11 Å². The summed E-state index contributed by atoms with van der Waals surface area (Å²) in [7, 11) is -2.09. The van der Waals surface area contributed by atoms with Crippen molar-refractivity contribution in [1.29, 1.82) is 0 Å². The highest BCUT2D eigenvalue weighted by molar-refractivity contribution is 7.57. The SMILES string of the molecule is COCP(=O)(N[C@@H](C)C(=O)OC(C)C)Oc1ccccc1Cl. The Hall–Kier alpha value is -1.07. The van der Waals surface area contributed by atoms with Crippen LogP contribution in [-0.4, -0.2) is 31.6 Å². The van der Waals surface area contributed by atoms with Gasteiger partial charge in [-0.05, 0) is 32.9 Å². The monoisotopic (exact) mass is 349 g/mol. The van der Waals surface area contributed by atoms with Crippen LogP contribution in [0.2, 0.25) is 5.02 Å². The number of ether oxygens (including phenoxy) is 2. The fourth-order valence-electron chi connectivity index (χ4n) is 1.62. The van der Waals surface area contributed by atoms with Gasteiger partial charge in [0.1, 0.15) is 18.1 Å². The highest BCUT2D eigenvalue weighted by Gasteiger charge is 2.31. The lowest BCUT2D eigenvalue weighted by molar-refractivity contribution is -0.149. The minimum Gasteiger partial charge on any atom is -0.462 e. The Morgan fingerprint density at radius 3 is 2.50 bits per heavy atom. The van der Waals surface area contributed by atoms with Crippen molar-refractivity contribution in [2.75, 3.05) is 13.5 Å². The van der Waals surface area contributed by atoms with Crippen LogP contribution in [0.15, 0.2) is 24.3 Å². The molecule has 0 fully saturated rings. The third-order valence-electron chi connectivity index (χ3n) is 2.48. The molecular formula is C14H21ClNO5P. The first kappa shape index (κ1) is 19.0. The van der Waals surface area contributed by atoms with E-state index in [0.717, 1.165) is 0 Å². The van der Waals surface area contributed by atoms with E-state index in [1.165, 1.54) is 7.11 Å². The summed E-state index contributed by atoms with van der Waals surface area (Å²) in [5.41, 5.74) is 0. The van der Waals surface area contributed by atoms with Gasteiger partial charge in [-0.2, -0.15) is 0 Å². The van der Waals surface area contributed by atoms with E-state index in [1.807, 2.05) is 0 Å². The van der Waals surface area contributed by atoms with Gasteiger partial charge in [0.05, 0.1) is 11.1 Å². The average Bonchev–Trinajstić information content (AvgIpc) is 2.40. The molecule has 22 heavy (non-hydrogen) atoms. The van der Waals surface area contributed by atoms with Crippen molar-refractivity contribution >= 4 is 25.1 Å². The van der Waals surface area contributed by atoms with Crippen molar-refractivity contribution in [2.45, 2.75) is 32.9 Å². The van der Waals surface area contributed by atoms with Crippen LogP contribution in [0.4, 0.5) is 0 Å². The number of carbonyl (C=O) groups is 1. The molecule has 1 rings (SSSR count). The fourth-order valence-corrected chi connectivity index (χ4v) is 3.54. The van der Waals surface area contributed by atoms with E-state index in [1.54, 1.807) is 45.0 Å². The molecule has 0 bridgehead atoms. The number of halogens is 1. The Balaban J connectivity index is 2.85. The first-order chi connectivity index (χ1) is 10.3. The molecule has 6 nitrogen and oxygen atoms in total. The Labute approximate surface area is 135 Å². The van der Waals surface area contributed by atoms with E-state index in [4.69, 9.17) is 25.6 Å². The summed E-state index contributed by atoms with van der Waals surface area (Å²) in [6, 6.07) is 5.82. The van der Waals surface area contributed by atoms with Crippen molar-refractivity contribution in [2.24, 2.45) is 0 Å². The minimum atomic E-state index is -3.48. The molecule has 0 aliphatic rings. The van der Waals surface area contributed by atoms with Crippen molar-refractivity contribution in [3.05, 3.63) is 29.3 Å². The Morgan fingerprint density at radius 1 is 1.32 bits per heavy atom. The predicted molar refractivity (Wildman–Crippen MR) is 85.4 cm³/mol. The van der Waals surface area contributed by atoms with Gasteiger partial charge in [-0.15, -0.1) is 0 Å². The molecule has 1 aromatic carbocycles. The molecule has 0 aliphatic heterocycles. The number of carbonyl (C=O) groups excluding carboxylic acids is 1. The summed E-state index contributed by atoms with van der Waals surface area (Å²) in [4.78, 5) is 11.8. The second-order valence-corrected chi connectivity index (χ2v) is 7.40. The number of hydrogen-bond donors (Lipinski definition) is 1. The van der Waals surface area contributed by atoms with Crippen molar-refractivity contribution in [3.8, 4) is 5.75 Å². The number of esters is 1. The summed E-state index contributed by atoms with van der Waals surface area (Å²) >= 11 is 5.99. The van der Waals surface area contributed by atoms with Crippen LogP contribution in [0, 0.1) is 0 Å². The Bertz CT molecular complexity index is 552. The van der Waals surface area contributed by atoms with E-state index < -0.39 is 19.5 Å². The summed E-state index contributed by atoms with van der Waals surface area (Å²) in [6.45, 7) is 5.02. The molecule has 1 N–H and O–H groups in total. The highest BCUT2D eigenvalue weighted by Crippen LogP contribution is 2.45. The summed E-state index contributed by atoms with van der Waals surface area (Å²) in [5, 5.41) is 2.97. The van der Waals surface area contributed by atoms with Crippen LogP contribution in [-0.2, 0) is 18.8 Å². The predicted octanol–water partition coefficient (Wildman–Crippen LogP) is 3.45. The van der Waals surface area contributed by atoms with Gasteiger partial charge in [-0.25, -0.2) is 5.09 Å². The molecule has 1 unspecified atom stereocenters. The van der Waals surface area contributed by atoms with E-state index in [-0.39, 0.29) is 18.2 Å². The molecular weight excluding hydrogens is 329 g/mol. The molecule has 0 saturated heterocycles. The topological polar surface area (TPSA) is 73.9 Å². The van der Waals surface area contributed by atoms with Gasteiger partial charge in [-0.1, -0.05) is 23.7 Å². The lowest BCUT2D eigenvalue weighted by Crippen LogP contribution is -2.36. The van der Waals surface area contributed by atoms with Gasteiger partial charge < -0.3 is 14.0 Å². The lowest BCUT2D eigenvalue weighted by Gasteiger charge is -2.23. The molecule has 0 saturated carbocycles. The zero-order chi connectivity index (χ0) is 16.8. The third-order valence-corrected chi connectivity index (χ3v) is 4.66. The van der Waals surface area contributed by atoms with Crippen molar-refractivity contribution in [1.82, 2.24) is 5.09 Å². The maximum absolute atomic E-state index is 12.8. The molecule has 8 heteroatoms. The largest absolute Gasteiger partial charge is 0.462 e. The second-order valence-electron chi connectivity index (χ2n) is 4.95. The van der Waals surface area contributed by atoms with E-state index in [9.17, 15) is 9.36 Å². The van der Waals surface area contributed by atoms with Crippen LogP contribution in [0.1, 0.15) is 20.8 Å². The summed E-state index contributed by atoms with van der Waals surface area (Å²) in [6.07, 6.45) is -0.472. The van der Waals surface area contributed by atoms with Gasteiger partial charge in [-0.3, -0.25) is 9.36 Å². The van der Waals surface area contributed by atoms with Gasteiger partial charge >= 0.3 is 13.5 Å². The Kier molecular flexibility index (Phi) is 7.36. The van der Waals surface area contributed by atoms with Crippen LogP contribution in [0.5, 0.6) is 5.75 Å². The minimum absolute atomic E-state index is 0.211. The molecule has 0 spiro atoms. The third kappa shape index (κ3) is 5.97. The normalized spacial score (nSPS) is 15.2. The average molecular weight is 350 g/mol. The quantitative estimate of drug-likeness (QED) is 0.572. The number of para-hydroxylation sites is 1. The van der Waals surface area contributed by atoms with E-state index in [0.29, 0.717) is 5.02 Å². The molecule has 124 valence electrons. The zero-order valence-electron chi connectivity index (χ0n) is 13.0. The van der Waals surface area contributed by atoms with Crippen molar-refractivity contribution < 1.29 is 23.4 Å². The second kappa shape index (κ2) is 8.53. The molecule has 2 atom stereocenters. The molecule has 0 heterocycles. The molecule has 0 aliphatic carbocycles. The van der Waals surface area contributed by atoms with Crippen LogP contribution >= 0.6 is 19.1 Å².